The molecular weight excluding hydrogens is 331 g/mol. The number of ketones is 1. The number of methoxy groups -OCH3 is 1. The summed E-state index contributed by atoms with van der Waals surface area (Å²) in [6.45, 7) is 4.70. The van der Waals surface area contributed by atoms with Crippen molar-refractivity contribution in [1.82, 2.24) is 4.90 Å². The highest BCUT2D eigenvalue weighted by Gasteiger charge is 2.19. The van der Waals surface area contributed by atoms with Gasteiger partial charge in [0.1, 0.15) is 11.6 Å². The van der Waals surface area contributed by atoms with Gasteiger partial charge in [-0.2, -0.15) is 0 Å². The van der Waals surface area contributed by atoms with Gasteiger partial charge in [0.25, 0.3) is 0 Å². The molecule has 0 N–H and O–H groups in total. The Morgan fingerprint density at radius 1 is 1.08 bits per heavy atom. The van der Waals surface area contributed by atoms with Crippen molar-refractivity contribution < 1.29 is 13.9 Å². The average molecular weight is 356 g/mol. The molecule has 0 spiro atoms. The van der Waals surface area contributed by atoms with E-state index in [0.29, 0.717) is 12.0 Å². The number of carbonyl (C=O) groups is 1. The van der Waals surface area contributed by atoms with Gasteiger partial charge >= 0.3 is 0 Å². The molecule has 0 aromatic heterocycles. The quantitative estimate of drug-likeness (QED) is 0.710. The van der Waals surface area contributed by atoms with Crippen molar-refractivity contribution in [2.45, 2.75) is 12.8 Å². The molecule has 1 heterocycles. The summed E-state index contributed by atoms with van der Waals surface area (Å²) in [6, 6.07) is 14.0. The van der Waals surface area contributed by atoms with Crippen LogP contribution in [0.2, 0.25) is 0 Å². The molecule has 0 atom stereocenters. The minimum absolute atomic E-state index is 0.0113. The van der Waals surface area contributed by atoms with Gasteiger partial charge in [-0.3, -0.25) is 9.69 Å². The summed E-state index contributed by atoms with van der Waals surface area (Å²) in [7, 11) is 1.70. The van der Waals surface area contributed by atoms with Crippen molar-refractivity contribution in [2.75, 3.05) is 44.7 Å². The van der Waals surface area contributed by atoms with E-state index in [9.17, 15) is 9.18 Å². The van der Waals surface area contributed by atoms with Crippen LogP contribution in [-0.4, -0.2) is 50.5 Å². The molecule has 4 nitrogen and oxygen atoms in total. The minimum atomic E-state index is -0.358. The normalized spacial score (nSPS) is 15.1. The van der Waals surface area contributed by atoms with Crippen LogP contribution < -0.4 is 9.64 Å². The number of hydrogen-bond donors (Lipinski definition) is 0. The highest BCUT2D eigenvalue weighted by molar-refractivity contribution is 5.95. The van der Waals surface area contributed by atoms with Gasteiger partial charge in [-0.15, -0.1) is 0 Å². The molecule has 3 rings (SSSR count). The summed E-state index contributed by atoms with van der Waals surface area (Å²) >= 11 is 0. The van der Waals surface area contributed by atoms with Crippen LogP contribution in [0.25, 0.3) is 0 Å². The van der Waals surface area contributed by atoms with Crippen molar-refractivity contribution in [3.63, 3.8) is 0 Å². The molecule has 0 amide bonds. The number of nitrogens with zero attached hydrogens (tertiary/aromatic N) is 2. The predicted octanol–water partition coefficient (Wildman–Crippen LogP) is 3.62. The van der Waals surface area contributed by atoms with Crippen LogP contribution in [0.15, 0.2) is 48.5 Å². The SMILES string of the molecule is COc1ccccc1N1CCN(CCCC(=O)c2cccc(F)c2)CC1. The molecule has 0 aliphatic carbocycles. The first-order valence-corrected chi connectivity index (χ1v) is 9.06. The van der Waals surface area contributed by atoms with Gasteiger partial charge < -0.3 is 9.64 Å². The molecule has 1 saturated heterocycles. The summed E-state index contributed by atoms with van der Waals surface area (Å²) in [6.07, 6.45) is 1.25. The maximum absolute atomic E-state index is 13.2. The lowest BCUT2D eigenvalue weighted by Crippen LogP contribution is -2.46. The molecule has 26 heavy (non-hydrogen) atoms. The van der Waals surface area contributed by atoms with Crippen LogP contribution in [0.5, 0.6) is 5.75 Å². The zero-order valence-electron chi connectivity index (χ0n) is 15.2. The highest BCUT2D eigenvalue weighted by Crippen LogP contribution is 2.28. The zero-order valence-corrected chi connectivity index (χ0v) is 15.2. The molecule has 2 aromatic carbocycles. The molecule has 1 aliphatic rings. The smallest absolute Gasteiger partial charge is 0.163 e. The van der Waals surface area contributed by atoms with Gasteiger partial charge in [-0.25, -0.2) is 4.39 Å². The third-order valence-electron chi connectivity index (χ3n) is 4.82. The Hall–Kier alpha value is -2.40. The van der Waals surface area contributed by atoms with E-state index in [1.165, 1.54) is 12.1 Å². The van der Waals surface area contributed by atoms with Crippen LogP contribution in [-0.2, 0) is 0 Å². The molecule has 138 valence electrons. The highest BCUT2D eigenvalue weighted by atomic mass is 19.1. The first-order chi connectivity index (χ1) is 12.7. The van der Waals surface area contributed by atoms with Gasteiger partial charge in [0, 0.05) is 38.2 Å². The van der Waals surface area contributed by atoms with E-state index in [1.807, 2.05) is 18.2 Å². The number of hydrogen-bond acceptors (Lipinski definition) is 4. The third kappa shape index (κ3) is 4.61. The fraction of sp³-hybridized carbons (Fsp3) is 0.381. The van der Waals surface area contributed by atoms with Gasteiger partial charge in [0.15, 0.2) is 5.78 Å². The monoisotopic (exact) mass is 356 g/mol. The van der Waals surface area contributed by atoms with Crippen molar-refractivity contribution in [3.05, 3.63) is 59.9 Å². The van der Waals surface area contributed by atoms with E-state index >= 15 is 0 Å². The molecule has 2 aromatic rings. The summed E-state index contributed by atoms with van der Waals surface area (Å²) in [5.74, 6) is 0.558. The Morgan fingerprint density at radius 2 is 1.85 bits per heavy atom. The van der Waals surface area contributed by atoms with Gasteiger partial charge in [0.05, 0.1) is 12.8 Å². The van der Waals surface area contributed by atoms with Crippen LogP contribution in [0.4, 0.5) is 10.1 Å². The first-order valence-electron chi connectivity index (χ1n) is 9.06. The number of rotatable bonds is 7. The molecule has 0 unspecified atom stereocenters. The van der Waals surface area contributed by atoms with Gasteiger partial charge in [-0.05, 0) is 37.2 Å². The molecule has 1 fully saturated rings. The number of halogens is 1. The lowest BCUT2D eigenvalue weighted by molar-refractivity contribution is 0.0973. The first kappa shape index (κ1) is 18.4. The number of carbonyl (C=O) groups excluding carboxylic acids is 1. The van der Waals surface area contributed by atoms with Gasteiger partial charge in [0.2, 0.25) is 0 Å². The Kier molecular flexibility index (Phi) is 6.23. The molecular formula is C21H25FN2O2. The lowest BCUT2D eigenvalue weighted by Gasteiger charge is -2.36. The summed E-state index contributed by atoms with van der Waals surface area (Å²) in [5.41, 5.74) is 1.60. The number of para-hydroxylation sites is 2. The molecule has 0 radical (unpaired) electrons. The Labute approximate surface area is 154 Å². The molecule has 0 saturated carbocycles. The molecule has 0 bridgehead atoms. The van der Waals surface area contributed by atoms with Crippen LogP contribution in [0, 0.1) is 5.82 Å². The fourth-order valence-electron chi connectivity index (χ4n) is 3.37. The second-order valence-corrected chi connectivity index (χ2v) is 6.54. The van der Waals surface area contributed by atoms with Crippen LogP contribution >= 0.6 is 0 Å². The van der Waals surface area contributed by atoms with E-state index in [2.05, 4.69) is 15.9 Å². The summed E-state index contributed by atoms with van der Waals surface area (Å²) in [4.78, 5) is 16.9. The standard InChI is InChI=1S/C21H25FN2O2/c1-26-21-10-3-2-8-19(21)24-14-12-23(13-15-24)11-5-9-20(25)17-6-4-7-18(22)16-17/h2-4,6-8,10,16H,5,9,11-15H2,1H3. The number of Topliss-reactive ketones (excluding diaryl/α,β-unsaturated/α-hetero) is 1. The topological polar surface area (TPSA) is 32.8 Å². The summed E-state index contributed by atoms with van der Waals surface area (Å²) in [5, 5.41) is 0. The summed E-state index contributed by atoms with van der Waals surface area (Å²) < 4.78 is 18.6. The van der Waals surface area contributed by atoms with Gasteiger partial charge in [-0.1, -0.05) is 24.3 Å². The number of ether oxygens (including phenoxy) is 1. The maximum atomic E-state index is 13.2. The minimum Gasteiger partial charge on any atom is -0.495 e. The van der Waals surface area contributed by atoms with E-state index in [4.69, 9.17) is 4.74 Å². The molecule has 1 aliphatic heterocycles. The van der Waals surface area contributed by atoms with Crippen molar-refractivity contribution in [2.24, 2.45) is 0 Å². The largest absolute Gasteiger partial charge is 0.495 e. The van der Waals surface area contributed by atoms with E-state index < -0.39 is 0 Å². The van der Waals surface area contributed by atoms with E-state index in [0.717, 1.165) is 50.6 Å². The third-order valence-corrected chi connectivity index (χ3v) is 4.82. The van der Waals surface area contributed by atoms with Crippen LogP contribution in [0.3, 0.4) is 0 Å². The average Bonchev–Trinajstić information content (AvgIpc) is 2.68. The Balaban J connectivity index is 1.44. The fourth-order valence-corrected chi connectivity index (χ4v) is 3.37. The molecule has 5 heteroatoms. The van der Waals surface area contributed by atoms with Crippen molar-refractivity contribution in [3.8, 4) is 5.75 Å². The van der Waals surface area contributed by atoms with E-state index in [-0.39, 0.29) is 11.6 Å². The van der Waals surface area contributed by atoms with E-state index in [1.54, 1.807) is 19.2 Å². The second kappa shape index (κ2) is 8.81. The maximum Gasteiger partial charge on any atom is 0.163 e. The zero-order chi connectivity index (χ0) is 18.4. The van der Waals surface area contributed by atoms with Crippen molar-refractivity contribution in [1.29, 1.82) is 0 Å². The number of anilines is 1. The second-order valence-electron chi connectivity index (χ2n) is 6.54. The Morgan fingerprint density at radius 3 is 2.58 bits per heavy atom. The lowest BCUT2D eigenvalue weighted by atomic mass is 10.1. The van der Waals surface area contributed by atoms with Crippen LogP contribution in [0.1, 0.15) is 23.2 Å². The van der Waals surface area contributed by atoms with Crippen molar-refractivity contribution >= 4 is 11.5 Å². The number of benzene rings is 2. The Bertz CT molecular complexity index is 742. The number of piperazine rings is 1. The predicted molar refractivity (Wildman–Crippen MR) is 102 cm³/mol.